The van der Waals surface area contributed by atoms with Crippen molar-refractivity contribution in [2.24, 2.45) is 4.99 Å². The van der Waals surface area contributed by atoms with Gasteiger partial charge >= 0.3 is 0 Å². The molecule has 0 saturated heterocycles. The highest BCUT2D eigenvalue weighted by Gasteiger charge is 2.14. The number of nitrogens with one attached hydrogen (secondary N) is 1. The third-order valence-electron chi connectivity index (χ3n) is 4.67. The molecule has 0 aliphatic carbocycles. The van der Waals surface area contributed by atoms with E-state index in [1.165, 1.54) is 0 Å². The molecular weight excluding hydrogens is 523 g/mol. The molecule has 32 heavy (non-hydrogen) atoms. The second kappa shape index (κ2) is 11.7. The number of hydrogen-bond donors (Lipinski definition) is 1. The van der Waals surface area contributed by atoms with Gasteiger partial charge in [0.05, 0.1) is 0 Å². The van der Waals surface area contributed by atoms with Gasteiger partial charge in [-0.1, -0.05) is 17.3 Å². The van der Waals surface area contributed by atoms with Gasteiger partial charge in [0.1, 0.15) is 18.9 Å². The fraction of sp³-hybridized carbons (Fsp3) is 0.364. The number of guanidine groups is 1. The van der Waals surface area contributed by atoms with Crippen LogP contribution in [-0.2, 0) is 13.0 Å². The lowest BCUT2D eigenvalue weighted by Gasteiger charge is -2.23. The first-order chi connectivity index (χ1) is 15.2. The lowest BCUT2D eigenvalue weighted by atomic mass is 10.2. The van der Waals surface area contributed by atoms with Crippen molar-refractivity contribution in [1.82, 2.24) is 25.3 Å². The molecule has 9 nitrogen and oxygen atoms in total. The molecule has 0 bridgehead atoms. The number of benzene rings is 1. The normalized spacial score (nSPS) is 12.8. The Morgan fingerprint density at radius 1 is 1.16 bits per heavy atom. The van der Waals surface area contributed by atoms with Gasteiger partial charge in [-0.25, -0.2) is 0 Å². The van der Waals surface area contributed by atoms with Crippen LogP contribution in [0.15, 0.2) is 52.1 Å². The Hall–Kier alpha value is -2.89. The zero-order valence-electron chi connectivity index (χ0n) is 18.2. The van der Waals surface area contributed by atoms with Gasteiger partial charge in [-0.2, -0.15) is 4.98 Å². The number of ether oxygens (including phenoxy) is 2. The molecule has 0 amide bonds. The summed E-state index contributed by atoms with van der Waals surface area (Å²) >= 11 is 0. The van der Waals surface area contributed by atoms with Crippen molar-refractivity contribution in [1.29, 1.82) is 0 Å². The molecule has 0 atom stereocenters. The minimum absolute atomic E-state index is 0. The van der Waals surface area contributed by atoms with E-state index in [-0.39, 0.29) is 24.0 Å². The summed E-state index contributed by atoms with van der Waals surface area (Å²) < 4.78 is 16.6. The highest BCUT2D eigenvalue weighted by molar-refractivity contribution is 14.0. The van der Waals surface area contributed by atoms with Crippen LogP contribution in [0.5, 0.6) is 11.5 Å². The average molecular weight is 550 g/mol. The first-order valence-corrected chi connectivity index (χ1v) is 10.3. The van der Waals surface area contributed by atoms with Crippen LogP contribution in [-0.4, -0.2) is 59.3 Å². The molecule has 3 heterocycles. The summed E-state index contributed by atoms with van der Waals surface area (Å²) in [5.41, 5.74) is 1.78. The molecule has 4 rings (SSSR count). The zero-order chi connectivity index (χ0) is 21.5. The number of fused-ring (bicyclic) bond motifs is 1. The van der Waals surface area contributed by atoms with Gasteiger partial charge < -0.3 is 24.2 Å². The molecule has 3 aromatic rings. The smallest absolute Gasteiger partial charge is 0.276 e. The molecule has 0 unspecified atom stereocenters. The van der Waals surface area contributed by atoms with E-state index in [0.29, 0.717) is 50.1 Å². The van der Waals surface area contributed by atoms with E-state index in [1.807, 2.05) is 50.4 Å². The quantitative estimate of drug-likeness (QED) is 0.272. The molecule has 10 heteroatoms. The molecule has 1 aliphatic heterocycles. The summed E-state index contributed by atoms with van der Waals surface area (Å²) in [4.78, 5) is 15.4. The number of rotatable bonds is 7. The molecule has 1 N–H and O–H groups in total. The fourth-order valence-electron chi connectivity index (χ4n) is 3.22. The number of pyridine rings is 1. The SMILES string of the molecule is CCNC(=NCCc1noc(-c2ccccn2)n1)N(C)Cc1ccc2c(c1)OCCO2.I. The van der Waals surface area contributed by atoms with Crippen LogP contribution in [0, 0.1) is 0 Å². The average Bonchev–Trinajstić information content (AvgIpc) is 3.28. The highest BCUT2D eigenvalue weighted by atomic mass is 127. The van der Waals surface area contributed by atoms with Gasteiger partial charge in [0.2, 0.25) is 0 Å². The van der Waals surface area contributed by atoms with E-state index in [0.717, 1.165) is 29.6 Å². The summed E-state index contributed by atoms with van der Waals surface area (Å²) in [7, 11) is 2.01. The first-order valence-electron chi connectivity index (χ1n) is 10.3. The second-order valence-corrected chi connectivity index (χ2v) is 7.05. The molecule has 0 saturated carbocycles. The van der Waals surface area contributed by atoms with Gasteiger partial charge in [0, 0.05) is 39.3 Å². The summed E-state index contributed by atoms with van der Waals surface area (Å²) in [6.45, 7) is 5.22. The van der Waals surface area contributed by atoms with Crippen molar-refractivity contribution in [2.75, 3.05) is 33.4 Å². The predicted octanol–water partition coefficient (Wildman–Crippen LogP) is 3.16. The van der Waals surface area contributed by atoms with Crippen molar-refractivity contribution in [3.8, 4) is 23.1 Å². The summed E-state index contributed by atoms with van der Waals surface area (Å²) in [6.07, 6.45) is 2.27. The van der Waals surface area contributed by atoms with Crippen LogP contribution in [0.4, 0.5) is 0 Å². The molecule has 170 valence electrons. The Morgan fingerprint density at radius 2 is 2.00 bits per heavy atom. The van der Waals surface area contributed by atoms with Crippen LogP contribution < -0.4 is 14.8 Å². The van der Waals surface area contributed by atoms with Gasteiger partial charge in [-0.05, 0) is 36.8 Å². The Kier molecular flexibility index (Phi) is 8.65. The molecule has 0 fully saturated rings. The lowest BCUT2D eigenvalue weighted by Crippen LogP contribution is -2.38. The van der Waals surface area contributed by atoms with E-state index < -0.39 is 0 Å². The Labute approximate surface area is 204 Å². The fourth-order valence-corrected chi connectivity index (χ4v) is 3.22. The van der Waals surface area contributed by atoms with Gasteiger partial charge in [-0.15, -0.1) is 24.0 Å². The third kappa shape index (κ3) is 6.09. The maximum atomic E-state index is 5.68. The predicted molar refractivity (Wildman–Crippen MR) is 132 cm³/mol. The van der Waals surface area contributed by atoms with Crippen LogP contribution in [0.1, 0.15) is 18.3 Å². The number of aliphatic imine (C=N–C) groups is 1. The van der Waals surface area contributed by atoms with Gasteiger partial charge in [-0.3, -0.25) is 9.98 Å². The lowest BCUT2D eigenvalue weighted by molar-refractivity contribution is 0.171. The minimum Gasteiger partial charge on any atom is -0.486 e. The Morgan fingerprint density at radius 3 is 2.78 bits per heavy atom. The molecule has 0 radical (unpaired) electrons. The monoisotopic (exact) mass is 550 g/mol. The zero-order valence-corrected chi connectivity index (χ0v) is 20.5. The van der Waals surface area contributed by atoms with Crippen molar-refractivity contribution >= 4 is 29.9 Å². The van der Waals surface area contributed by atoms with Gasteiger partial charge in [0.25, 0.3) is 5.89 Å². The number of aromatic nitrogens is 3. The van der Waals surface area contributed by atoms with Crippen LogP contribution in [0.2, 0.25) is 0 Å². The molecule has 2 aromatic heterocycles. The van der Waals surface area contributed by atoms with Crippen molar-refractivity contribution in [3.63, 3.8) is 0 Å². The van der Waals surface area contributed by atoms with Crippen LogP contribution in [0.3, 0.4) is 0 Å². The molecule has 1 aromatic carbocycles. The summed E-state index contributed by atoms with van der Waals surface area (Å²) in [5, 5.41) is 7.36. The maximum absolute atomic E-state index is 5.68. The largest absolute Gasteiger partial charge is 0.486 e. The second-order valence-electron chi connectivity index (χ2n) is 7.05. The molecule has 0 spiro atoms. The number of nitrogens with zero attached hydrogens (tertiary/aromatic N) is 5. The summed E-state index contributed by atoms with van der Waals surface area (Å²) in [6, 6.07) is 11.6. The topological polar surface area (TPSA) is 97.9 Å². The van der Waals surface area contributed by atoms with Crippen LogP contribution >= 0.6 is 24.0 Å². The Bertz CT molecular complexity index is 1030. The van der Waals surface area contributed by atoms with E-state index in [4.69, 9.17) is 19.0 Å². The van der Waals surface area contributed by atoms with Crippen molar-refractivity contribution in [2.45, 2.75) is 19.9 Å². The van der Waals surface area contributed by atoms with E-state index in [2.05, 4.69) is 25.3 Å². The van der Waals surface area contributed by atoms with E-state index >= 15 is 0 Å². The Balaban J connectivity index is 0.00000289. The third-order valence-corrected chi connectivity index (χ3v) is 4.67. The minimum atomic E-state index is 0. The molecule has 1 aliphatic rings. The van der Waals surface area contributed by atoms with E-state index in [9.17, 15) is 0 Å². The molecular formula is C22H27IN6O3. The van der Waals surface area contributed by atoms with Crippen molar-refractivity contribution in [3.05, 3.63) is 54.0 Å². The number of hydrogen-bond acceptors (Lipinski definition) is 7. The van der Waals surface area contributed by atoms with E-state index in [1.54, 1.807) is 6.20 Å². The van der Waals surface area contributed by atoms with Crippen molar-refractivity contribution < 1.29 is 14.0 Å². The number of halogens is 1. The standard InChI is InChI=1S/C22H26N6O3.HI/c1-3-23-22(28(2)15-16-7-8-18-19(14-16)30-13-12-29-18)25-11-9-20-26-21(31-27-20)17-6-4-5-10-24-17;/h4-8,10,14H,3,9,11-13,15H2,1-2H3,(H,23,25);1H. The van der Waals surface area contributed by atoms with Gasteiger partial charge in [0.15, 0.2) is 23.3 Å². The maximum Gasteiger partial charge on any atom is 0.276 e. The van der Waals surface area contributed by atoms with Crippen LogP contribution in [0.25, 0.3) is 11.6 Å². The first kappa shape index (κ1) is 23.8. The highest BCUT2D eigenvalue weighted by Crippen LogP contribution is 2.31. The summed E-state index contributed by atoms with van der Waals surface area (Å²) in [5.74, 6) is 3.42.